The number of rotatable bonds is 4. The second-order valence-electron chi connectivity index (χ2n) is 8.81. The van der Waals surface area contributed by atoms with Crippen LogP contribution in [0.25, 0.3) is 0 Å². The molecule has 1 aliphatic heterocycles. The van der Waals surface area contributed by atoms with Crippen molar-refractivity contribution in [2.45, 2.75) is 31.6 Å². The molecule has 6 heteroatoms. The van der Waals surface area contributed by atoms with E-state index < -0.39 is 0 Å². The summed E-state index contributed by atoms with van der Waals surface area (Å²) in [7, 11) is 0. The van der Waals surface area contributed by atoms with Crippen LogP contribution in [0.15, 0.2) is 72.8 Å². The molecule has 0 aromatic heterocycles. The van der Waals surface area contributed by atoms with E-state index in [2.05, 4.69) is 26.1 Å². The van der Waals surface area contributed by atoms with E-state index in [1.807, 2.05) is 48.5 Å². The Labute approximate surface area is 191 Å². The zero-order valence-electron chi connectivity index (χ0n) is 18.3. The summed E-state index contributed by atoms with van der Waals surface area (Å²) < 4.78 is 13.7. The molecule has 3 aromatic rings. The molecule has 0 saturated carbocycles. The van der Waals surface area contributed by atoms with Gasteiger partial charge < -0.3 is 5.32 Å². The number of amides is 2. The standard InChI is InChI=1S/C26H25FN2O2S/c1-26(2,3)19-12-10-17(11-13-19)24(31)28-21-8-4-6-18(14-21)25-29(23(30)16-32-25)22-9-5-7-20(27)15-22/h4-15,25H,16H2,1-3H3,(H,28,31)/t25-/m1/s1. The Morgan fingerprint density at radius 3 is 2.44 bits per heavy atom. The Bertz CT molecular complexity index is 1150. The van der Waals surface area contributed by atoms with Crippen molar-refractivity contribution in [3.63, 3.8) is 0 Å². The molecule has 0 bridgehead atoms. The predicted molar refractivity (Wildman–Crippen MR) is 129 cm³/mol. The fourth-order valence-corrected chi connectivity index (χ4v) is 4.84. The van der Waals surface area contributed by atoms with Crippen LogP contribution in [0.2, 0.25) is 0 Å². The SMILES string of the molecule is CC(C)(C)c1ccc(C(=O)Nc2cccc([C@H]3SCC(=O)N3c3cccc(F)c3)c2)cc1. The average Bonchev–Trinajstić information content (AvgIpc) is 3.15. The highest BCUT2D eigenvalue weighted by atomic mass is 32.2. The summed E-state index contributed by atoms with van der Waals surface area (Å²) >= 11 is 1.48. The molecular formula is C26H25FN2O2S. The molecule has 1 fully saturated rings. The second-order valence-corrected chi connectivity index (χ2v) is 9.88. The first-order chi connectivity index (χ1) is 15.2. The van der Waals surface area contributed by atoms with Gasteiger partial charge in [0.25, 0.3) is 5.91 Å². The van der Waals surface area contributed by atoms with Crippen molar-refractivity contribution in [1.29, 1.82) is 0 Å². The Balaban J connectivity index is 1.54. The molecular weight excluding hydrogens is 423 g/mol. The van der Waals surface area contributed by atoms with E-state index in [9.17, 15) is 14.0 Å². The van der Waals surface area contributed by atoms with Gasteiger partial charge in [-0.3, -0.25) is 14.5 Å². The Morgan fingerprint density at radius 2 is 1.75 bits per heavy atom. The lowest BCUT2D eigenvalue weighted by Gasteiger charge is -2.24. The summed E-state index contributed by atoms with van der Waals surface area (Å²) in [6, 6.07) is 21.1. The van der Waals surface area contributed by atoms with Crippen molar-refractivity contribution < 1.29 is 14.0 Å². The normalized spacial score (nSPS) is 16.3. The van der Waals surface area contributed by atoms with Crippen molar-refractivity contribution in [2.24, 2.45) is 0 Å². The fourth-order valence-electron chi connectivity index (χ4n) is 3.67. The van der Waals surface area contributed by atoms with E-state index in [-0.39, 0.29) is 28.4 Å². The van der Waals surface area contributed by atoms with Crippen LogP contribution in [-0.2, 0) is 10.2 Å². The van der Waals surface area contributed by atoms with Crippen LogP contribution in [0.5, 0.6) is 0 Å². The van der Waals surface area contributed by atoms with E-state index in [4.69, 9.17) is 0 Å². The van der Waals surface area contributed by atoms with Gasteiger partial charge in [-0.25, -0.2) is 4.39 Å². The van der Waals surface area contributed by atoms with Gasteiger partial charge in [0.1, 0.15) is 11.2 Å². The summed E-state index contributed by atoms with van der Waals surface area (Å²) in [5.41, 5.74) is 3.80. The van der Waals surface area contributed by atoms with Crippen LogP contribution in [-0.4, -0.2) is 17.6 Å². The van der Waals surface area contributed by atoms with Crippen LogP contribution < -0.4 is 10.2 Å². The zero-order chi connectivity index (χ0) is 22.9. The largest absolute Gasteiger partial charge is 0.322 e. The third-order valence-electron chi connectivity index (χ3n) is 5.40. The third-order valence-corrected chi connectivity index (χ3v) is 6.61. The van der Waals surface area contributed by atoms with Crippen LogP contribution in [0.3, 0.4) is 0 Å². The minimum atomic E-state index is -0.385. The van der Waals surface area contributed by atoms with E-state index >= 15 is 0 Å². The van der Waals surface area contributed by atoms with Gasteiger partial charge in [-0.15, -0.1) is 11.8 Å². The van der Waals surface area contributed by atoms with Crippen molar-refractivity contribution in [3.8, 4) is 0 Å². The summed E-state index contributed by atoms with van der Waals surface area (Å²) in [6.45, 7) is 6.39. The maximum Gasteiger partial charge on any atom is 0.255 e. The lowest BCUT2D eigenvalue weighted by molar-refractivity contribution is -0.115. The molecule has 1 N–H and O–H groups in total. The third kappa shape index (κ3) is 4.70. The van der Waals surface area contributed by atoms with Gasteiger partial charge >= 0.3 is 0 Å². The maximum atomic E-state index is 13.7. The van der Waals surface area contributed by atoms with Gasteiger partial charge in [0.15, 0.2) is 0 Å². The van der Waals surface area contributed by atoms with E-state index in [0.29, 0.717) is 22.7 Å². The fraction of sp³-hybridized carbons (Fsp3) is 0.231. The number of nitrogens with zero attached hydrogens (tertiary/aromatic N) is 1. The highest BCUT2D eigenvalue weighted by Crippen LogP contribution is 2.42. The number of anilines is 2. The predicted octanol–water partition coefficient (Wildman–Crippen LogP) is 6.15. The molecule has 0 spiro atoms. The quantitative estimate of drug-likeness (QED) is 0.520. The molecule has 2 amide bonds. The molecule has 4 rings (SSSR count). The van der Waals surface area contributed by atoms with Gasteiger partial charge in [0.05, 0.1) is 5.75 Å². The molecule has 1 aliphatic rings. The monoisotopic (exact) mass is 448 g/mol. The zero-order valence-corrected chi connectivity index (χ0v) is 19.1. The number of halogens is 1. The first-order valence-corrected chi connectivity index (χ1v) is 11.5. The van der Waals surface area contributed by atoms with Crippen molar-refractivity contribution in [3.05, 3.63) is 95.3 Å². The molecule has 3 aromatic carbocycles. The first-order valence-electron chi connectivity index (χ1n) is 10.4. The molecule has 1 atom stereocenters. The van der Waals surface area contributed by atoms with Crippen molar-refractivity contribution in [2.75, 3.05) is 16.0 Å². The number of nitrogens with one attached hydrogen (secondary N) is 1. The second kappa shape index (κ2) is 8.79. The highest BCUT2D eigenvalue weighted by molar-refractivity contribution is 8.00. The minimum Gasteiger partial charge on any atom is -0.322 e. The van der Waals surface area contributed by atoms with E-state index in [0.717, 1.165) is 11.1 Å². The Kier molecular flexibility index (Phi) is 6.07. The van der Waals surface area contributed by atoms with Crippen LogP contribution in [0, 0.1) is 5.82 Å². The molecule has 1 saturated heterocycles. The molecule has 0 aliphatic carbocycles. The minimum absolute atomic E-state index is 0.0211. The van der Waals surface area contributed by atoms with Gasteiger partial charge in [0.2, 0.25) is 5.91 Å². The van der Waals surface area contributed by atoms with Crippen molar-refractivity contribution in [1.82, 2.24) is 0 Å². The Morgan fingerprint density at radius 1 is 1.03 bits per heavy atom. The van der Waals surface area contributed by atoms with E-state index in [1.165, 1.54) is 23.9 Å². The number of thioether (sulfide) groups is 1. The summed E-state index contributed by atoms with van der Waals surface area (Å²) in [5, 5.41) is 2.66. The highest BCUT2D eigenvalue weighted by Gasteiger charge is 2.34. The first kappa shape index (κ1) is 22.1. The van der Waals surface area contributed by atoms with Crippen molar-refractivity contribution >= 4 is 35.0 Å². The molecule has 164 valence electrons. The molecule has 0 unspecified atom stereocenters. The lowest BCUT2D eigenvalue weighted by Crippen LogP contribution is -2.27. The summed E-state index contributed by atoms with van der Waals surface area (Å²) in [6.07, 6.45) is 0. The van der Waals surface area contributed by atoms with Gasteiger partial charge in [0, 0.05) is 16.9 Å². The topological polar surface area (TPSA) is 49.4 Å². The maximum absolute atomic E-state index is 13.7. The van der Waals surface area contributed by atoms with Gasteiger partial charge in [-0.1, -0.05) is 51.1 Å². The number of hydrogen-bond donors (Lipinski definition) is 1. The number of benzene rings is 3. The summed E-state index contributed by atoms with van der Waals surface area (Å²) in [5.74, 6) is -0.332. The summed E-state index contributed by atoms with van der Waals surface area (Å²) in [4.78, 5) is 26.9. The Hall–Kier alpha value is -3.12. The smallest absolute Gasteiger partial charge is 0.255 e. The molecule has 32 heavy (non-hydrogen) atoms. The van der Waals surface area contributed by atoms with Crippen LogP contribution in [0.1, 0.15) is 47.6 Å². The molecule has 0 radical (unpaired) electrons. The molecule has 1 heterocycles. The van der Waals surface area contributed by atoms with Crippen LogP contribution >= 0.6 is 11.8 Å². The van der Waals surface area contributed by atoms with Crippen LogP contribution in [0.4, 0.5) is 15.8 Å². The number of hydrogen-bond acceptors (Lipinski definition) is 3. The number of carbonyl (C=O) groups is 2. The average molecular weight is 449 g/mol. The van der Waals surface area contributed by atoms with Gasteiger partial charge in [-0.2, -0.15) is 0 Å². The van der Waals surface area contributed by atoms with E-state index in [1.54, 1.807) is 17.0 Å². The van der Waals surface area contributed by atoms with Gasteiger partial charge in [-0.05, 0) is 59.0 Å². The number of carbonyl (C=O) groups excluding carboxylic acids is 2. The lowest BCUT2D eigenvalue weighted by atomic mass is 9.87. The molecule has 4 nitrogen and oxygen atoms in total.